The Labute approximate surface area is 186 Å². The van der Waals surface area contributed by atoms with E-state index < -0.39 is 18.7 Å². The van der Waals surface area contributed by atoms with Gasteiger partial charge in [0.15, 0.2) is 6.10 Å². The van der Waals surface area contributed by atoms with E-state index in [-0.39, 0.29) is 11.5 Å². The van der Waals surface area contributed by atoms with Crippen LogP contribution >= 0.6 is 15.9 Å². The first-order valence-corrected chi connectivity index (χ1v) is 10.2. The highest BCUT2D eigenvalue weighted by Crippen LogP contribution is 2.25. The summed E-state index contributed by atoms with van der Waals surface area (Å²) < 4.78 is 37.0. The van der Waals surface area contributed by atoms with Gasteiger partial charge in [-0.15, -0.1) is 0 Å². The normalized spacial score (nSPS) is 12.0. The van der Waals surface area contributed by atoms with E-state index in [0.717, 1.165) is 10.2 Å². The van der Waals surface area contributed by atoms with E-state index in [0.29, 0.717) is 22.5 Å². The molecule has 0 amide bonds. The number of aryl methyl sites for hydroxylation is 1. The van der Waals surface area contributed by atoms with Crippen molar-refractivity contribution in [3.8, 4) is 11.4 Å². The number of carbonyl (C=O) groups is 2. The van der Waals surface area contributed by atoms with Crippen LogP contribution in [-0.2, 0) is 4.74 Å². The Morgan fingerprint density at radius 2 is 1.71 bits per heavy atom. The number of benzene rings is 2. The van der Waals surface area contributed by atoms with Crippen molar-refractivity contribution in [2.45, 2.75) is 33.5 Å². The highest BCUT2D eigenvalue weighted by atomic mass is 79.9. The van der Waals surface area contributed by atoms with Gasteiger partial charge in [-0.3, -0.25) is 4.79 Å². The van der Waals surface area contributed by atoms with E-state index in [2.05, 4.69) is 20.7 Å². The number of Topliss-reactive ketones (excluding diaryl/α,β-unsaturated/α-hetero) is 1. The number of aromatic nitrogens is 1. The first-order valence-electron chi connectivity index (χ1n) is 9.42. The standard InChI is InChI=1S/C23H20BrF2NO4/c1-13-11-20(14(2)27(13)18-7-9-19(10-8-18)31-23(25)26)21(28)15(3)30-22(29)16-5-4-6-17(24)12-16/h4-12,15,23H,1-3H3. The zero-order valence-electron chi connectivity index (χ0n) is 17.1. The Balaban J connectivity index is 1.80. The van der Waals surface area contributed by atoms with Crippen LogP contribution in [0.3, 0.4) is 0 Å². The molecule has 0 aliphatic heterocycles. The molecule has 5 nitrogen and oxygen atoms in total. The van der Waals surface area contributed by atoms with Crippen LogP contribution in [0.5, 0.6) is 5.75 Å². The van der Waals surface area contributed by atoms with Crippen molar-refractivity contribution in [1.82, 2.24) is 4.57 Å². The lowest BCUT2D eigenvalue weighted by Crippen LogP contribution is -2.25. The van der Waals surface area contributed by atoms with Crippen LogP contribution in [0.2, 0.25) is 0 Å². The van der Waals surface area contributed by atoms with Gasteiger partial charge in [-0.25, -0.2) is 4.79 Å². The van der Waals surface area contributed by atoms with Gasteiger partial charge in [-0.05, 0) is 69.3 Å². The van der Waals surface area contributed by atoms with Crippen molar-refractivity contribution >= 4 is 27.7 Å². The average Bonchev–Trinajstić information content (AvgIpc) is 3.01. The third-order valence-electron chi connectivity index (χ3n) is 4.73. The number of nitrogens with zero attached hydrogens (tertiary/aromatic N) is 1. The molecule has 0 radical (unpaired) electrons. The molecular weight excluding hydrogens is 472 g/mol. The van der Waals surface area contributed by atoms with Crippen LogP contribution in [0.4, 0.5) is 8.78 Å². The zero-order valence-corrected chi connectivity index (χ0v) is 18.7. The molecule has 0 N–H and O–H groups in total. The molecule has 0 aliphatic carbocycles. The van der Waals surface area contributed by atoms with Crippen molar-refractivity contribution in [3.05, 3.63) is 81.6 Å². The summed E-state index contributed by atoms with van der Waals surface area (Å²) in [5.74, 6) is -0.878. The highest BCUT2D eigenvalue weighted by molar-refractivity contribution is 9.10. The maximum Gasteiger partial charge on any atom is 0.387 e. The number of carbonyl (C=O) groups excluding carboxylic acids is 2. The minimum Gasteiger partial charge on any atom is -0.451 e. The molecule has 162 valence electrons. The molecule has 3 aromatic rings. The number of halogens is 3. The number of alkyl halides is 2. The summed E-state index contributed by atoms with van der Waals surface area (Å²) in [6.07, 6.45) is -0.984. The lowest BCUT2D eigenvalue weighted by molar-refractivity contribution is -0.0498. The fourth-order valence-electron chi connectivity index (χ4n) is 3.30. The van der Waals surface area contributed by atoms with Gasteiger partial charge in [-0.2, -0.15) is 8.78 Å². The Hall–Kier alpha value is -3.00. The average molecular weight is 492 g/mol. The summed E-state index contributed by atoms with van der Waals surface area (Å²) in [5.41, 5.74) is 2.87. The molecule has 0 spiro atoms. The third-order valence-corrected chi connectivity index (χ3v) is 5.22. The van der Waals surface area contributed by atoms with Crippen molar-refractivity contribution in [2.75, 3.05) is 0 Å². The number of rotatable bonds is 7. The SMILES string of the molecule is Cc1cc(C(=O)C(C)OC(=O)c2cccc(Br)c2)c(C)n1-c1ccc(OC(F)F)cc1. The second-order valence-electron chi connectivity index (χ2n) is 6.91. The fraction of sp³-hybridized carbons (Fsp3) is 0.217. The quantitative estimate of drug-likeness (QED) is 0.305. The van der Waals surface area contributed by atoms with Crippen LogP contribution in [0, 0.1) is 13.8 Å². The zero-order chi connectivity index (χ0) is 22.7. The summed E-state index contributed by atoms with van der Waals surface area (Å²) >= 11 is 3.30. The van der Waals surface area contributed by atoms with Gasteiger partial charge in [0.25, 0.3) is 0 Å². The molecule has 0 fully saturated rings. The minimum absolute atomic E-state index is 0.0468. The number of hydrogen-bond acceptors (Lipinski definition) is 4. The number of esters is 1. The topological polar surface area (TPSA) is 57.5 Å². The summed E-state index contributed by atoms with van der Waals surface area (Å²) in [6, 6.07) is 14.6. The van der Waals surface area contributed by atoms with Crippen LogP contribution in [0.25, 0.3) is 5.69 Å². The lowest BCUT2D eigenvalue weighted by Gasteiger charge is -2.14. The Morgan fingerprint density at radius 1 is 1.03 bits per heavy atom. The lowest BCUT2D eigenvalue weighted by atomic mass is 10.1. The van der Waals surface area contributed by atoms with Gasteiger partial charge >= 0.3 is 12.6 Å². The monoisotopic (exact) mass is 491 g/mol. The van der Waals surface area contributed by atoms with Crippen LogP contribution < -0.4 is 4.74 Å². The van der Waals surface area contributed by atoms with Crippen molar-refractivity contribution in [1.29, 1.82) is 0 Å². The molecule has 0 saturated carbocycles. The second-order valence-corrected chi connectivity index (χ2v) is 7.83. The van der Waals surface area contributed by atoms with E-state index in [9.17, 15) is 18.4 Å². The summed E-state index contributed by atoms with van der Waals surface area (Å²) in [6.45, 7) is 2.23. The van der Waals surface area contributed by atoms with E-state index in [1.54, 1.807) is 49.4 Å². The maximum absolute atomic E-state index is 13.0. The van der Waals surface area contributed by atoms with E-state index in [4.69, 9.17) is 4.74 Å². The Bertz CT molecular complexity index is 1110. The van der Waals surface area contributed by atoms with Gasteiger partial charge in [0.1, 0.15) is 5.75 Å². The predicted octanol–water partition coefficient (Wildman–Crippen LogP) is 5.89. The fourth-order valence-corrected chi connectivity index (χ4v) is 3.70. The summed E-state index contributed by atoms with van der Waals surface area (Å²) in [4.78, 5) is 25.3. The van der Waals surface area contributed by atoms with Gasteiger partial charge in [0.05, 0.1) is 5.56 Å². The molecule has 1 unspecified atom stereocenters. The van der Waals surface area contributed by atoms with Crippen molar-refractivity contribution in [3.63, 3.8) is 0 Å². The van der Waals surface area contributed by atoms with E-state index in [1.807, 2.05) is 11.5 Å². The van der Waals surface area contributed by atoms with Gasteiger partial charge < -0.3 is 14.0 Å². The van der Waals surface area contributed by atoms with E-state index in [1.165, 1.54) is 19.1 Å². The highest BCUT2D eigenvalue weighted by Gasteiger charge is 2.25. The third kappa shape index (κ3) is 5.19. The summed E-state index contributed by atoms with van der Waals surface area (Å²) in [5, 5.41) is 0. The van der Waals surface area contributed by atoms with Gasteiger partial charge in [0, 0.05) is 27.1 Å². The smallest absolute Gasteiger partial charge is 0.387 e. The van der Waals surface area contributed by atoms with Crippen LogP contribution in [0.15, 0.2) is 59.1 Å². The van der Waals surface area contributed by atoms with Crippen LogP contribution in [-0.4, -0.2) is 29.0 Å². The molecular formula is C23H20BrF2NO4. The Morgan fingerprint density at radius 3 is 2.32 bits per heavy atom. The minimum atomic E-state index is -2.90. The molecule has 2 aromatic carbocycles. The van der Waals surface area contributed by atoms with Crippen molar-refractivity contribution in [2.24, 2.45) is 0 Å². The largest absolute Gasteiger partial charge is 0.451 e. The first kappa shape index (κ1) is 22.7. The van der Waals surface area contributed by atoms with Crippen molar-refractivity contribution < 1.29 is 27.8 Å². The first-order chi connectivity index (χ1) is 14.7. The summed E-state index contributed by atoms with van der Waals surface area (Å²) in [7, 11) is 0. The van der Waals surface area contributed by atoms with Gasteiger partial charge in [-0.1, -0.05) is 22.0 Å². The number of hydrogen-bond donors (Lipinski definition) is 0. The molecule has 8 heteroatoms. The molecule has 0 saturated heterocycles. The van der Waals surface area contributed by atoms with Crippen LogP contribution in [0.1, 0.15) is 39.0 Å². The maximum atomic E-state index is 13.0. The second kappa shape index (κ2) is 9.43. The number of ketones is 1. The number of ether oxygens (including phenoxy) is 2. The molecule has 1 atom stereocenters. The molecule has 0 bridgehead atoms. The molecule has 31 heavy (non-hydrogen) atoms. The van der Waals surface area contributed by atoms with Gasteiger partial charge in [0.2, 0.25) is 5.78 Å². The van der Waals surface area contributed by atoms with E-state index >= 15 is 0 Å². The molecule has 0 aliphatic rings. The molecule has 1 heterocycles. The molecule has 1 aromatic heterocycles. The predicted molar refractivity (Wildman–Crippen MR) is 115 cm³/mol. The molecule has 3 rings (SSSR count). The Kier molecular flexibility index (Phi) is 6.90.